The van der Waals surface area contributed by atoms with E-state index in [1.54, 1.807) is 0 Å². The van der Waals surface area contributed by atoms with Crippen LogP contribution in [0.1, 0.15) is 32.3 Å². The molecule has 2 aliphatic heterocycles. The van der Waals surface area contributed by atoms with Gasteiger partial charge in [-0.3, -0.25) is 0 Å². The Kier molecular flexibility index (Phi) is 3.33. The van der Waals surface area contributed by atoms with E-state index in [0.29, 0.717) is 6.61 Å². The lowest BCUT2D eigenvalue weighted by Gasteiger charge is -2.29. The second-order valence-electron chi connectivity index (χ2n) is 7.02. The van der Waals surface area contributed by atoms with Crippen molar-refractivity contribution in [3.8, 4) is 0 Å². The third-order valence-corrected chi connectivity index (χ3v) is 4.67. The molecule has 5 nitrogen and oxygen atoms in total. The number of nitrogens with two attached hydrogens (primary N) is 1. The quantitative estimate of drug-likeness (QED) is 0.921. The van der Waals surface area contributed by atoms with Gasteiger partial charge in [-0.15, -0.1) is 0 Å². The molecule has 3 aliphatic rings. The average Bonchev–Trinajstić information content (AvgIpc) is 3.03. The number of hydrogen-bond donors (Lipinski definition) is 1. The van der Waals surface area contributed by atoms with Gasteiger partial charge in [-0.25, -0.2) is 0 Å². The summed E-state index contributed by atoms with van der Waals surface area (Å²) in [6.07, 6.45) is 0.963. The molecule has 5 heteroatoms. The molecule has 1 saturated carbocycles. The van der Waals surface area contributed by atoms with Crippen molar-refractivity contribution in [3.05, 3.63) is 35.9 Å². The summed E-state index contributed by atoms with van der Waals surface area (Å²) >= 11 is 0. The molecular formula is C17H23NO4. The zero-order chi connectivity index (χ0) is 15.4. The third kappa shape index (κ3) is 2.57. The predicted octanol–water partition coefficient (Wildman–Crippen LogP) is 1.94. The monoisotopic (exact) mass is 305 g/mol. The molecule has 0 unspecified atom stereocenters. The molecule has 22 heavy (non-hydrogen) atoms. The fraction of sp³-hybridized carbons (Fsp3) is 0.647. The van der Waals surface area contributed by atoms with E-state index >= 15 is 0 Å². The molecule has 1 aromatic rings. The molecule has 3 fully saturated rings. The minimum Gasteiger partial charge on any atom is -0.368 e. The van der Waals surface area contributed by atoms with Crippen molar-refractivity contribution < 1.29 is 18.9 Å². The predicted molar refractivity (Wildman–Crippen MR) is 79.9 cm³/mol. The Morgan fingerprint density at radius 2 is 1.91 bits per heavy atom. The van der Waals surface area contributed by atoms with E-state index in [4.69, 9.17) is 24.7 Å². The molecule has 0 spiro atoms. The maximum absolute atomic E-state index is 6.37. The Labute approximate surface area is 130 Å². The van der Waals surface area contributed by atoms with Crippen LogP contribution in [0.2, 0.25) is 0 Å². The molecule has 1 aliphatic carbocycles. The molecule has 2 heterocycles. The van der Waals surface area contributed by atoms with Crippen LogP contribution in [0.4, 0.5) is 0 Å². The van der Waals surface area contributed by atoms with Gasteiger partial charge in [0, 0.05) is 5.54 Å². The Balaban J connectivity index is 1.50. The van der Waals surface area contributed by atoms with Crippen LogP contribution in [0.5, 0.6) is 0 Å². The Morgan fingerprint density at radius 3 is 2.59 bits per heavy atom. The van der Waals surface area contributed by atoms with E-state index in [0.717, 1.165) is 18.4 Å². The molecule has 2 saturated heterocycles. The van der Waals surface area contributed by atoms with Crippen LogP contribution >= 0.6 is 0 Å². The maximum atomic E-state index is 6.37. The van der Waals surface area contributed by atoms with Gasteiger partial charge in [0.05, 0.1) is 6.61 Å². The first-order valence-corrected chi connectivity index (χ1v) is 7.92. The Bertz CT molecular complexity index is 543. The van der Waals surface area contributed by atoms with Crippen LogP contribution < -0.4 is 5.73 Å². The van der Waals surface area contributed by atoms with E-state index in [1.165, 1.54) is 0 Å². The number of fused-ring (bicyclic) bond motifs is 1. The smallest absolute Gasteiger partial charge is 0.190 e. The van der Waals surface area contributed by atoms with E-state index in [2.05, 4.69) is 0 Å². The van der Waals surface area contributed by atoms with Gasteiger partial charge in [-0.2, -0.15) is 0 Å². The minimum absolute atomic E-state index is 0.165. The minimum atomic E-state index is -0.639. The third-order valence-electron chi connectivity index (χ3n) is 4.67. The van der Waals surface area contributed by atoms with Crippen molar-refractivity contribution in [2.24, 2.45) is 5.73 Å². The van der Waals surface area contributed by atoms with Crippen molar-refractivity contribution >= 4 is 0 Å². The first kappa shape index (κ1) is 14.6. The molecule has 4 atom stereocenters. The summed E-state index contributed by atoms with van der Waals surface area (Å²) in [5.74, 6) is -0.639. The molecule has 0 radical (unpaired) electrons. The maximum Gasteiger partial charge on any atom is 0.190 e. The van der Waals surface area contributed by atoms with Crippen LogP contribution in [0, 0.1) is 0 Å². The lowest BCUT2D eigenvalue weighted by Crippen LogP contribution is -2.48. The van der Waals surface area contributed by atoms with Crippen LogP contribution in [0.15, 0.2) is 30.3 Å². The van der Waals surface area contributed by atoms with Gasteiger partial charge < -0.3 is 24.7 Å². The second kappa shape index (κ2) is 5.01. The van der Waals surface area contributed by atoms with E-state index in [-0.39, 0.29) is 30.1 Å². The molecule has 120 valence electrons. The van der Waals surface area contributed by atoms with Crippen LogP contribution in [0.3, 0.4) is 0 Å². The molecule has 0 bridgehead atoms. The van der Waals surface area contributed by atoms with Crippen molar-refractivity contribution in [2.75, 3.05) is 0 Å². The highest BCUT2D eigenvalue weighted by molar-refractivity contribution is 5.15. The summed E-state index contributed by atoms with van der Waals surface area (Å²) < 4.78 is 24.0. The first-order chi connectivity index (χ1) is 10.5. The van der Waals surface area contributed by atoms with Gasteiger partial charge >= 0.3 is 0 Å². The average molecular weight is 305 g/mol. The first-order valence-electron chi connectivity index (χ1n) is 7.92. The fourth-order valence-electron chi connectivity index (χ4n) is 3.32. The number of ether oxygens (including phenoxy) is 4. The van der Waals surface area contributed by atoms with Gasteiger partial charge in [0.1, 0.15) is 18.3 Å². The second-order valence-corrected chi connectivity index (χ2v) is 7.02. The molecular weight excluding hydrogens is 282 g/mol. The molecule has 2 N–H and O–H groups in total. The molecule has 0 amide bonds. The van der Waals surface area contributed by atoms with Gasteiger partial charge in [-0.05, 0) is 32.3 Å². The highest BCUT2D eigenvalue weighted by Crippen LogP contribution is 2.48. The molecule has 4 rings (SSSR count). The molecule has 1 aromatic carbocycles. The Hall–Kier alpha value is -0.980. The summed E-state index contributed by atoms with van der Waals surface area (Å²) in [5.41, 5.74) is 7.21. The normalized spacial score (nSPS) is 38.0. The van der Waals surface area contributed by atoms with E-state index in [1.807, 2.05) is 44.2 Å². The largest absolute Gasteiger partial charge is 0.368 e. The zero-order valence-corrected chi connectivity index (χ0v) is 13.0. The molecule has 0 aromatic heterocycles. The standard InChI is InChI=1S/C17H23NO4/c1-16(2)21-13-12(19-10-11-6-4-3-5-7-11)14(17(18)8-9-17)20-15(13)22-16/h3-7,12-15H,8-10,18H2,1-2H3/t12-,13-,14-,15+/m0/s1. The van der Waals surface area contributed by atoms with Gasteiger partial charge in [-0.1, -0.05) is 30.3 Å². The summed E-state index contributed by atoms with van der Waals surface area (Å²) in [6.45, 7) is 4.31. The highest BCUT2D eigenvalue weighted by atomic mass is 16.8. The number of hydrogen-bond acceptors (Lipinski definition) is 5. The van der Waals surface area contributed by atoms with Gasteiger partial charge in [0.15, 0.2) is 12.1 Å². The summed E-state index contributed by atoms with van der Waals surface area (Å²) in [7, 11) is 0. The SMILES string of the molecule is CC1(C)O[C@H]2O[C@H](C3(N)CC3)[C@@H](OCc3ccccc3)[C@@H]2O1. The van der Waals surface area contributed by atoms with Crippen molar-refractivity contribution in [1.82, 2.24) is 0 Å². The lowest BCUT2D eigenvalue weighted by atomic mass is 10.0. The van der Waals surface area contributed by atoms with Crippen LogP contribution in [0.25, 0.3) is 0 Å². The summed E-state index contributed by atoms with van der Waals surface area (Å²) in [5, 5.41) is 0. The van der Waals surface area contributed by atoms with E-state index < -0.39 is 5.79 Å². The van der Waals surface area contributed by atoms with Crippen molar-refractivity contribution in [2.45, 2.75) is 69.2 Å². The lowest BCUT2D eigenvalue weighted by molar-refractivity contribution is -0.222. The summed E-state index contributed by atoms with van der Waals surface area (Å²) in [4.78, 5) is 0. The zero-order valence-electron chi connectivity index (χ0n) is 13.0. The van der Waals surface area contributed by atoms with E-state index in [9.17, 15) is 0 Å². The van der Waals surface area contributed by atoms with Gasteiger partial charge in [0.25, 0.3) is 0 Å². The van der Waals surface area contributed by atoms with Crippen molar-refractivity contribution in [1.29, 1.82) is 0 Å². The van der Waals surface area contributed by atoms with Crippen LogP contribution in [-0.2, 0) is 25.6 Å². The number of benzene rings is 1. The summed E-state index contributed by atoms with van der Waals surface area (Å²) in [6, 6.07) is 10.1. The number of rotatable bonds is 4. The Morgan fingerprint density at radius 1 is 1.18 bits per heavy atom. The van der Waals surface area contributed by atoms with Gasteiger partial charge in [0.2, 0.25) is 0 Å². The van der Waals surface area contributed by atoms with Crippen molar-refractivity contribution in [3.63, 3.8) is 0 Å². The fourth-order valence-corrected chi connectivity index (χ4v) is 3.32. The van der Waals surface area contributed by atoms with Crippen LogP contribution in [-0.4, -0.2) is 35.9 Å². The highest BCUT2D eigenvalue weighted by Gasteiger charge is 2.63. The topological polar surface area (TPSA) is 62.9 Å².